The van der Waals surface area contributed by atoms with Crippen LogP contribution in [0.3, 0.4) is 0 Å². The summed E-state index contributed by atoms with van der Waals surface area (Å²) < 4.78 is 33.0. The van der Waals surface area contributed by atoms with Gasteiger partial charge in [-0.2, -0.15) is 12.6 Å². The average Bonchev–Trinajstić information content (AvgIpc) is 0.828. The maximum Gasteiger partial charge on any atom is 1.00 e. The van der Waals surface area contributed by atoms with Gasteiger partial charge in [0.25, 0.3) is 0 Å². The van der Waals surface area contributed by atoms with E-state index in [1.807, 2.05) is 231 Å². The van der Waals surface area contributed by atoms with Crippen molar-refractivity contribution in [1.29, 1.82) is 0 Å². The molecule has 0 saturated carbocycles. The van der Waals surface area contributed by atoms with Gasteiger partial charge in [0.2, 0.25) is 23.0 Å². The Labute approximate surface area is 732 Å². The summed E-state index contributed by atoms with van der Waals surface area (Å²) in [7, 11) is -0.340. The molecule has 588 valence electrons. The summed E-state index contributed by atoms with van der Waals surface area (Å²) in [6, 6.07) is 99.2. The number of carbonyl (C=O) groups excluding carboxylic acids is 7. The number of halogens is 2. The van der Waals surface area contributed by atoms with Crippen molar-refractivity contribution in [2.45, 2.75) is 25.8 Å². The van der Waals surface area contributed by atoms with Crippen LogP contribution in [0.15, 0.2) is 328 Å². The van der Waals surface area contributed by atoms with Gasteiger partial charge in [0, 0.05) is 51.7 Å². The third kappa shape index (κ3) is 45.6. The molecule has 0 radical (unpaired) electrons. The first kappa shape index (κ1) is 105. The number of allylic oxidation sites excluding steroid dienone is 1. The van der Waals surface area contributed by atoms with Gasteiger partial charge in [-0.1, -0.05) is 319 Å². The molecule has 0 saturated heterocycles. The number of amides is 3. The maximum atomic E-state index is 12.4. The van der Waals surface area contributed by atoms with Gasteiger partial charge >= 0.3 is 72.3 Å². The van der Waals surface area contributed by atoms with E-state index in [-0.39, 0.29) is 106 Å². The molecule has 19 nitrogen and oxygen atoms in total. The Morgan fingerprint density at radius 3 is 0.833 bits per heavy atom. The van der Waals surface area contributed by atoms with Crippen LogP contribution >= 0.6 is 63.7 Å². The molecule has 0 heterocycles. The van der Waals surface area contributed by atoms with Crippen LogP contribution in [-0.4, -0.2) is 114 Å². The van der Waals surface area contributed by atoms with E-state index >= 15 is 0 Å². The van der Waals surface area contributed by atoms with Crippen LogP contribution in [0.25, 0.3) is 0 Å². The summed E-state index contributed by atoms with van der Waals surface area (Å²) in [5.41, 5.74) is 26.5. The molecule has 0 bridgehead atoms. The van der Waals surface area contributed by atoms with Crippen LogP contribution in [0.1, 0.15) is 81.5 Å². The van der Waals surface area contributed by atoms with Gasteiger partial charge in [0.15, 0.2) is 0 Å². The molecule has 0 spiro atoms. The summed E-state index contributed by atoms with van der Waals surface area (Å²) in [5.74, 6) is -5.74. The van der Waals surface area contributed by atoms with E-state index in [0.717, 1.165) is 51.6 Å². The third-order valence-electron chi connectivity index (χ3n) is 14.1. The van der Waals surface area contributed by atoms with Crippen LogP contribution in [0.2, 0.25) is 0 Å². The standard InChI is InChI=1S/2C15H15NO2S.C15H15NOS.C15H14O2S.C13H11Br.C5H5ClO3.C5H6O4.C2H4O2S.CH3.Li.Na/c2*16-14(17)11-19(18)15(12-7-3-1-4-8-12)13-9-5-2-6-10-13;2*16-14(17)11-18-15(12-7-3-1-4-8-12)13-9-5-2-6-10-13;14-13(11-7-3-1-4-8-11)12-9-5-2-6-10-12;2*1-9-5(8)3-2-4(6)7;3-2(4)1-5;;;/h2*1-10,15H,11H2,(H2,16,17);1-10,15H,11H2,(H2,16,17);1-10,15H,11H2,(H,16,17);1-10,13H;2-3H,1H3;2-3H,1H3,(H,6,7);5H,1H2,(H,3,4);1H3;;/q;;;;;;;;-1;2*+1/p-1/b;;;;;2*3-2+;;;;. The molecule has 10 aromatic rings. The largest absolute Gasteiger partial charge is 1.00 e. The van der Waals surface area contributed by atoms with Crippen LogP contribution in [0.4, 0.5) is 0 Å². The molecule has 3 amide bonds. The zero-order chi connectivity index (χ0) is 81.6. The number of thiol groups is 1. The number of hydrogen-bond donors (Lipinski definition) is 6. The number of primary amides is 3. The molecule has 2 atom stereocenters. The van der Waals surface area contributed by atoms with E-state index in [1.165, 1.54) is 48.2 Å². The molecule has 10 aromatic carbocycles. The quantitative estimate of drug-likeness (QED) is 0.00537. The second-order valence-electron chi connectivity index (χ2n) is 22.3. The second-order valence-corrected chi connectivity index (χ2v) is 29.2. The normalized spacial score (nSPS) is 10.5. The first-order chi connectivity index (χ1) is 53.4. The Balaban J connectivity index is 0.00000131. The zero-order valence-electron chi connectivity index (χ0n) is 63.3. The number of aliphatic carboxylic acids is 3. The molecule has 0 aromatic heterocycles. The molecular weight excluding hydrogens is 1640 g/mol. The van der Waals surface area contributed by atoms with Crippen LogP contribution in [-0.2, 0) is 74.2 Å². The van der Waals surface area contributed by atoms with Gasteiger partial charge in [-0.3, -0.25) is 32.4 Å². The number of ether oxygens (including phenoxy) is 2. The second kappa shape index (κ2) is 63.2. The predicted octanol–water partition coefficient (Wildman–Crippen LogP) is 8.18. The Morgan fingerprint density at radius 2 is 0.640 bits per heavy atom. The van der Waals surface area contributed by atoms with E-state index in [0.29, 0.717) is 16.7 Å². The monoisotopic (exact) mass is 1720 g/mol. The Kier molecular flexibility index (Phi) is 58.1. The van der Waals surface area contributed by atoms with Gasteiger partial charge in [-0.05, 0) is 67.2 Å². The number of hydrogen-bond acceptors (Lipinski definition) is 17. The smallest absolute Gasteiger partial charge is 0.549 e. The Morgan fingerprint density at radius 1 is 0.421 bits per heavy atom. The van der Waals surface area contributed by atoms with Crippen molar-refractivity contribution in [1.82, 2.24) is 0 Å². The number of carboxylic acid groups (broad SMARTS) is 3. The van der Waals surface area contributed by atoms with Crippen molar-refractivity contribution in [3.8, 4) is 0 Å². The van der Waals surface area contributed by atoms with Crippen LogP contribution in [0, 0.1) is 7.43 Å². The molecule has 8 N–H and O–H groups in total. The topological polar surface area (TPSA) is 348 Å². The number of benzene rings is 10. The van der Waals surface area contributed by atoms with Gasteiger partial charge in [-0.15, -0.1) is 23.5 Å². The predicted molar refractivity (Wildman–Crippen MR) is 455 cm³/mol. The number of carboxylic acids is 3. The summed E-state index contributed by atoms with van der Waals surface area (Å²) in [6.45, 7) is 0. The van der Waals surface area contributed by atoms with E-state index in [1.54, 1.807) is 11.8 Å². The van der Waals surface area contributed by atoms with Gasteiger partial charge in [-0.25, -0.2) is 14.4 Å². The molecule has 28 heteroatoms. The van der Waals surface area contributed by atoms with Gasteiger partial charge < -0.3 is 54.2 Å². The summed E-state index contributed by atoms with van der Waals surface area (Å²) >= 11 is 14.9. The van der Waals surface area contributed by atoms with Crippen molar-refractivity contribution in [3.63, 3.8) is 0 Å². The first-order valence-corrected chi connectivity index (χ1v) is 40.1. The minimum atomic E-state index is -1.36. The minimum absolute atomic E-state index is 0. The van der Waals surface area contributed by atoms with Crippen molar-refractivity contribution >= 4 is 138 Å². The first-order valence-electron chi connectivity index (χ1n) is 33.3. The number of carbonyl (C=O) groups is 9. The summed E-state index contributed by atoms with van der Waals surface area (Å²) in [5, 5.41) is 24.9. The summed E-state index contributed by atoms with van der Waals surface area (Å²) in [6.07, 6.45) is 3.43. The number of nitrogens with two attached hydrogens (primary N) is 3. The molecule has 0 aliphatic heterocycles. The maximum absolute atomic E-state index is 12.4. The number of alkyl halides is 1. The Hall–Kier alpha value is -9.17. The number of rotatable bonds is 27. The van der Waals surface area contributed by atoms with Crippen molar-refractivity contribution in [2.75, 3.05) is 43.0 Å². The molecule has 0 aliphatic rings. The fourth-order valence-electron chi connectivity index (χ4n) is 9.40. The zero-order valence-corrected chi connectivity index (χ0v) is 71.8. The minimum Gasteiger partial charge on any atom is -0.549 e. The molecule has 0 aliphatic carbocycles. The van der Waals surface area contributed by atoms with Crippen LogP contribution in [0.5, 0.6) is 0 Å². The van der Waals surface area contributed by atoms with E-state index < -0.39 is 68.5 Å². The van der Waals surface area contributed by atoms with E-state index in [4.69, 9.17) is 39.0 Å². The van der Waals surface area contributed by atoms with Gasteiger partial charge in [0.05, 0.1) is 57.5 Å². The average molecular weight is 1720 g/mol. The fourth-order valence-corrected chi connectivity index (χ4v) is 14.8. The van der Waals surface area contributed by atoms with Gasteiger partial charge in [0.1, 0.15) is 11.5 Å². The Bertz CT molecular complexity index is 4070. The molecular formula is C86H87BrClLiN3NaO16S5. The molecule has 0 fully saturated rings. The fraction of sp³-hybridized carbons (Fsp3) is 0.140. The summed E-state index contributed by atoms with van der Waals surface area (Å²) in [4.78, 5) is 93.2. The van der Waals surface area contributed by atoms with E-state index in [9.17, 15) is 56.7 Å². The van der Waals surface area contributed by atoms with Crippen molar-refractivity contribution < 1.29 is 125 Å². The molecule has 114 heavy (non-hydrogen) atoms. The van der Waals surface area contributed by atoms with Crippen LogP contribution < -0.4 is 70.7 Å². The number of thioether (sulfide) groups is 2. The molecule has 10 rings (SSSR count). The van der Waals surface area contributed by atoms with E-state index in [2.05, 4.69) is 111 Å². The molecule has 2 unspecified atom stereocenters. The SMILES string of the molecule is BrC(c1ccccc1)c1ccccc1.COC(=O)/C=C/C(=O)Cl.COC(=O)/C=C/C(=O)O.NC(=O)CS(=O)C(c1ccccc1)c1ccccc1.NC(=O)CS(=O)C(c1ccccc1)c1ccccc1.NC(=O)CSC(c1ccccc1)c1ccccc1.O=C(O)CSC(c1ccccc1)c1ccccc1.O=C([O-])CS.[CH3-].[Li+].[Na+]. The third-order valence-corrected chi connectivity index (χ3v) is 21.4. The number of esters is 2. The number of methoxy groups -OCH3 is 2. The van der Waals surface area contributed by atoms with Crippen molar-refractivity contribution in [3.05, 3.63) is 391 Å². The van der Waals surface area contributed by atoms with Crippen molar-refractivity contribution in [2.24, 2.45) is 17.2 Å².